The highest BCUT2D eigenvalue weighted by Gasteiger charge is 2.27. The summed E-state index contributed by atoms with van der Waals surface area (Å²) in [4.78, 5) is 15.7. The number of carbonyl (C=O) groups is 1. The maximum atomic E-state index is 13.9. The van der Waals surface area contributed by atoms with Crippen LogP contribution in [0.2, 0.25) is 0 Å². The van der Waals surface area contributed by atoms with Crippen LogP contribution < -0.4 is 4.31 Å². The Hall–Kier alpha value is -3.79. The van der Waals surface area contributed by atoms with Gasteiger partial charge >= 0.3 is 5.97 Å². The molecule has 0 unspecified atom stereocenters. The summed E-state index contributed by atoms with van der Waals surface area (Å²) in [5.74, 6) is -1.58. The third kappa shape index (κ3) is 5.17. The van der Waals surface area contributed by atoms with Gasteiger partial charge in [-0.3, -0.25) is 9.10 Å². The third-order valence-corrected chi connectivity index (χ3v) is 7.26. The number of hydrogen-bond acceptors (Lipinski definition) is 4. The summed E-state index contributed by atoms with van der Waals surface area (Å²) in [5, 5.41) is 9.33. The van der Waals surface area contributed by atoms with E-state index in [0.717, 1.165) is 22.9 Å². The number of fused-ring (bicyclic) bond motifs is 1. The molecule has 1 aromatic heterocycles. The van der Waals surface area contributed by atoms with Crippen molar-refractivity contribution >= 4 is 32.7 Å². The summed E-state index contributed by atoms with van der Waals surface area (Å²) >= 11 is 0. The first kappa shape index (κ1) is 24.3. The maximum absolute atomic E-state index is 13.9. The van der Waals surface area contributed by atoms with Crippen molar-refractivity contribution in [2.24, 2.45) is 0 Å². The lowest BCUT2D eigenvalue weighted by Gasteiger charge is -2.25. The van der Waals surface area contributed by atoms with E-state index in [-0.39, 0.29) is 23.7 Å². The van der Waals surface area contributed by atoms with E-state index in [0.29, 0.717) is 28.8 Å². The zero-order chi connectivity index (χ0) is 25.2. The van der Waals surface area contributed by atoms with Crippen LogP contribution in [-0.4, -0.2) is 29.0 Å². The van der Waals surface area contributed by atoms with Gasteiger partial charge in [-0.05, 0) is 60.5 Å². The second kappa shape index (κ2) is 9.83. The smallest absolute Gasteiger partial charge is 0.323 e. The highest BCUT2D eigenvalue weighted by Crippen LogP contribution is 2.30. The molecule has 1 N–H and O–H groups in total. The molecule has 1 heterocycles. The number of halogens is 2. The third-order valence-electron chi connectivity index (χ3n) is 5.49. The largest absolute Gasteiger partial charge is 0.480 e. The van der Waals surface area contributed by atoms with Gasteiger partial charge in [-0.25, -0.2) is 22.2 Å². The van der Waals surface area contributed by atoms with Gasteiger partial charge in [0.15, 0.2) is 0 Å². The van der Waals surface area contributed by atoms with Crippen LogP contribution in [0.15, 0.2) is 71.6 Å². The van der Waals surface area contributed by atoms with Crippen molar-refractivity contribution in [1.29, 1.82) is 0 Å². The van der Waals surface area contributed by atoms with E-state index < -0.39 is 27.6 Å². The molecule has 0 radical (unpaired) electrons. The summed E-state index contributed by atoms with van der Waals surface area (Å²) < 4.78 is 57.2. The molecule has 0 aliphatic rings. The molecule has 0 saturated heterocycles. The van der Waals surface area contributed by atoms with E-state index in [4.69, 9.17) is 0 Å². The number of nitrogens with zero attached hydrogens (tertiary/aromatic N) is 3. The van der Waals surface area contributed by atoms with Crippen molar-refractivity contribution in [1.82, 2.24) is 9.55 Å². The van der Waals surface area contributed by atoms with Crippen molar-refractivity contribution in [2.45, 2.75) is 37.8 Å². The van der Waals surface area contributed by atoms with Gasteiger partial charge in [-0.2, -0.15) is 0 Å². The molecule has 182 valence electrons. The molecule has 0 aliphatic carbocycles. The molecule has 0 aliphatic heterocycles. The fourth-order valence-electron chi connectivity index (χ4n) is 3.87. The number of carboxylic acid groups (broad SMARTS) is 1. The fraction of sp³-hybridized carbons (Fsp3) is 0.200. The Bertz CT molecular complexity index is 1480. The summed E-state index contributed by atoms with van der Waals surface area (Å²) in [7, 11) is -4.22. The van der Waals surface area contributed by atoms with Crippen LogP contribution in [0.25, 0.3) is 11.0 Å². The van der Waals surface area contributed by atoms with Crippen molar-refractivity contribution in [3.8, 4) is 0 Å². The molecule has 4 rings (SSSR count). The van der Waals surface area contributed by atoms with Gasteiger partial charge in [0.05, 0.1) is 28.2 Å². The molecule has 0 atom stereocenters. The molecule has 0 amide bonds. The lowest BCUT2D eigenvalue weighted by atomic mass is 10.2. The summed E-state index contributed by atoms with van der Waals surface area (Å²) in [6.07, 6.45) is 1.30. The Morgan fingerprint density at radius 1 is 1.03 bits per heavy atom. The topological polar surface area (TPSA) is 92.5 Å². The van der Waals surface area contributed by atoms with Gasteiger partial charge < -0.3 is 9.67 Å². The SMILES string of the molecule is CCCc1nc2cc(N(Cc3ccc(F)cc3)S(=O)(=O)c3cccc(F)c3)ccc2n1CC(=O)O. The van der Waals surface area contributed by atoms with Gasteiger partial charge in [0.2, 0.25) is 0 Å². The number of aromatic nitrogens is 2. The second-order valence-electron chi connectivity index (χ2n) is 8.03. The van der Waals surface area contributed by atoms with Gasteiger partial charge in [0.1, 0.15) is 24.0 Å². The van der Waals surface area contributed by atoms with Crippen molar-refractivity contribution in [3.63, 3.8) is 0 Å². The monoisotopic (exact) mass is 499 g/mol. The normalized spacial score (nSPS) is 11.6. The number of benzene rings is 3. The fourth-order valence-corrected chi connectivity index (χ4v) is 5.35. The Morgan fingerprint density at radius 3 is 2.43 bits per heavy atom. The number of aryl methyl sites for hydroxylation is 1. The van der Waals surface area contributed by atoms with Crippen LogP contribution in [0.5, 0.6) is 0 Å². The van der Waals surface area contributed by atoms with Crippen molar-refractivity contribution in [2.75, 3.05) is 4.31 Å². The Kier molecular flexibility index (Phi) is 6.83. The molecule has 3 aromatic carbocycles. The second-order valence-corrected chi connectivity index (χ2v) is 9.89. The number of carboxylic acids is 1. The quantitative estimate of drug-likeness (QED) is 0.359. The van der Waals surface area contributed by atoms with Crippen molar-refractivity contribution < 1.29 is 27.1 Å². The first-order valence-corrected chi connectivity index (χ1v) is 12.4. The number of aliphatic carboxylic acids is 1. The maximum Gasteiger partial charge on any atom is 0.323 e. The molecule has 0 fully saturated rings. The number of imidazole rings is 1. The van der Waals surface area contributed by atoms with E-state index in [1.807, 2.05) is 6.92 Å². The summed E-state index contributed by atoms with van der Waals surface area (Å²) in [6, 6.07) is 14.9. The minimum Gasteiger partial charge on any atom is -0.480 e. The van der Waals surface area contributed by atoms with Gasteiger partial charge in [-0.15, -0.1) is 0 Å². The molecule has 10 heteroatoms. The summed E-state index contributed by atoms with van der Waals surface area (Å²) in [5.41, 5.74) is 1.78. The molecule has 0 spiro atoms. The molecule has 4 aromatic rings. The minimum atomic E-state index is -4.22. The van der Waals surface area contributed by atoms with Crippen molar-refractivity contribution in [3.05, 3.63) is 89.8 Å². The minimum absolute atomic E-state index is 0.137. The number of rotatable bonds is 9. The lowest BCUT2D eigenvalue weighted by Crippen LogP contribution is -2.30. The average Bonchev–Trinajstić information content (AvgIpc) is 3.14. The molecule has 0 saturated carbocycles. The molecular formula is C25H23F2N3O4S. The predicted octanol–water partition coefficient (Wildman–Crippen LogP) is 4.75. The van der Waals surface area contributed by atoms with Crippen LogP contribution in [0.1, 0.15) is 24.7 Å². The first-order valence-electron chi connectivity index (χ1n) is 10.9. The zero-order valence-corrected chi connectivity index (χ0v) is 19.7. The Balaban J connectivity index is 1.85. The number of sulfonamides is 1. The van der Waals surface area contributed by atoms with E-state index in [9.17, 15) is 27.1 Å². The van der Waals surface area contributed by atoms with Gasteiger partial charge in [-0.1, -0.05) is 25.1 Å². The lowest BCUT2D eigenvalue weighted by molar-refractivity contribution is -0.137. The Labute approximate surface area is 201 Å². The van der Waals surface area contributed by atoms with E-state index in [1.165, 1.54) is 36.4 Å². The standard InChI is InChI=1S/C25H23F2N3O4S/c1-2-4-24-28-22-14-20(11-12-23(22)29(24)16-25(31)32)30(15-17-7-9-18(26)10-8-17)35(33,34)21-6-3-5-19(27)13-21/h3,5-14H,2,4,15-16H2,1H3,(H,31,32). The summed E-state index contributed by atoms with van der Waals surface area (Å²) in [6.45, 7) is 1.54. The van der Waals surface area contributed by atoms with E-state index in [2.05, 4.69) is 4.98 Å². The highest BCUT2D eigenvalue weighted by atomic mass is 32.2. The first-order chi connectivity index (χ1) is 16.7. The molecular weight excluding hydrogens is 476 g/mol. The molecule has 0 bridgehead atoms. The van der Waals surface area contributed by atoms with E-state index >= 15 is 0 Å². The van der Waals surface area contributed by atoms with Crippen LogP contribution in [0, 0.1) is 11.6 Å². The van der Waals surface area contributed by atoms with E-state index in [1.54, 1.807) is 22.8 Å². The Morgan fingerprint density at radius 2 is 1.77 bits per heavy atom. The average molecular weight is 500 g/mol. The zero-order valence-electron chi connectivity index (χ0n) is 18.9. The van der Waals surface area contributed by atoms with Crippen LogP contribution >= 0.6 is 0 Å². The number of anilines is 1. The van der Waals surface area contributed by atoms with Crippen LogP contribution in [-0.2, 0) is 34.3 Å². The van der Waals surface area contributed by atoms with Gasteiger partial charge in [0.25, 0.3) is 10.0 Å². The predicted molar refractivity (Wildman–Crippen MR) is 128 cm³/mol. The van der Waals surface area contributed by atoms with Crippen LogP contribution in [0.3, 0.4) is 0 Å². The highest BCUT2D eigenvalue weighted by molar-refractivity contribution is 7.92. The molecule has 35 heavy (non-hydrogen) atoms. The number of hydrogen-bond donors (Lipinski definition) is 1. The van der Waals surface area contributed by atoms with Gasteiger partial charge in [0, 0.05) is 6.42 Å². The van der Waals surface area contributed by atoms with Crippen LogP contribution in [0.4, 0.5) is 14.5 Å². The molecule has 7 nitrogen and oxygen atoms in total.